The Labute approximate surface area is 116 Å². The largest absolute Gasteiger partial charge is 0.459 e. The number of nitrogens with one attached hydrogen (secondary N) is 1. The van der Waals surface area contributed by atoms with Gasteiger partial charge in [0.05, 0.1) is 12.6 Å². The number of hydrogen-bond donors (Lipinski definition) is 2. The van der Waals surface area contributed by atoms with Crippen LogP contribution in [0.4, 0.5) is 0 Å². The average molecular weight is 272 g/mol. The number of esters is 1. The van der Waals surface area contributed by atoms with Gasteiger partial charge in [-0.2, -0.15) is 0 Å². The Morgan fingerprint density at radius 2 is 2.00 bits per heavy atom. The first-order valence-corrected chi connectivity index (χ1v) is 7.12. The maximum Gasteiger partial charge on any atom is 0.320 e. The molecule has 1 aliphatic heterocycles. The van der Waals surface area contributed by atoms with Crippen molar-refractivity contribution in [2.75, 3.05) is 26.2 Å². The third kappa shape index (κ3) is 6.89. The average Bonchev–Trinajstić information content (AvgIpc) is 2.26. The number of carbonyl (C=O) groups excluding carboxylic acids is 1. The minimum absolute atomic E-state index is 0.216. The SMILES string of the molecule is C[C@@H](O)CN(CC(=O)OC(C)(C)C)C1CCNCC1. The number of ether oxygens (including phenoxy) is 1. The zero-order valence-corrected chi connectivity index (χ0v) is 12.6. The Morgan fingerprint density at radius 1 is 1.42 bits per heavy atom. The van der Waals surface area contributed by atoms with Crippen molar-refractivity contribution in [1.29, 1.82) is 0 Å². The molecule has 0 spiro atoms. The first-order valence-electron chi connectivity index (χ1n) is 7.12. The Kier molecular flexibility index (Phi) is 6.23. The van der Waals surface area contributed by atoms with Gasteiger partial charge in [-0.05, 0) is 53.6 Å². The predicted molar refractivity (Wildman–Crippen MR) is 75.0 cm³/mol. The summed E-state index contributed by atoms with van der Waals surface area (Å²) in [7, 11) is 0. The number of nitrogens with zero attached hydrogens (tertiary/aromatic N) is 1. The van der Waals surface area contributed by atoms with Crippen LogP contribution in [0.3, 0.4) is 0 Å². The minimum atomic E-state index is -0.457. The fraction of sp³-hybridized carbons (Fsp3) is 0.929. The number of hydrogen-bond acceptors (Lipinski definition) is 5. The third-order valence-electron chi connectivity index (χ3n) is 3.08. The molecule has 1 atom stereocenters. The molecule has 0 amide bonds. The van der Waals surface area contributed by atoms with Gasteiger partial charge in [0.15, 0.2) is 0 Å². The van der Waals surface area contributed by atoms with E-state index < -0.39 is 11.7 Å². The van der Waals surface area contributed by atoms with Crippen molar-refractivity contribution in [2.45, 2.75) is 58.3 Å². The summed E-state index contributed by atoms with van der Waals surface area (Å²) in [5.74, 6) is -0.216. The van der Waals surface area contributed by atoms with Crippen molar-refractivity contribution in [2.24, 2.45) is 0 Å². The van der Waals surface area contributed by atoms with Crippen LogP contribution in [0, 0.1) is 0 Å². The van der Waals surface area contributed by atoms with Crippen LogP contribution in [0.2, 0.25) is 0 Å². The van der Waals surface area contributed by atoms with Crippen LogP contribution >= 0.6 is 0 Å². The van der Waals surface area contributed by atoms with E-state index in [1.54, 1.807) is 6.92 Å². The molecule has 2 N–H and O–H groups in total. The molecule has 1 aliphatic rings. The van der Waals surface area contributed by atoms with Crippen LogP contribution < -0.4 is 5.32 Å². The predicted octanol–water partition coefficient (Wildman–Crippen LogP) is 0.763. The van der Waals surface area contributed by atoms with E-state index in [4.69, 9.17) is 4.74 Å². The Balaban J connectivity index is 2.55. The van der Waals surface area contributed by atoms with Gasteiger partial charge >= 0.3 is 5.97 Å². The molecular weight excluding hydrogens is 244 g/mol. The number of piperidine rings is 1. The smallest absolute Gasteiger partial charge is 0.320 e. The molecule has 0 aromatic heterocycles. The highest BCUT2D eigenvalue weighted by molar-refractivity contribution is 5.72. The number of rotatable bonds is 5. The van der Waals surface area contributed by atoms with Gasteiger partial charge in [-0.15, -0.1) is 0 Å². The van der Waals surface area contributed by atoms with Gasteiger partial charge in [-0.3, -0.25) is 9.69 Å². The van der Waals surface area contributed by atoms with Crippen molar-refractivity contribution >= 4 is 5.97 Å². The van der Waals surface area contributed by atoms with Gasteiger partial charge in [0.25, 0.3) is 0 Å². The van der Waals surface area contributed by atoms with Crippen LogP contribution in [-0.2, 0) is 9.53 Å². The lowest BCUT2D eigenvalue weighted by Gasteiger charge is -2.35. The normalized spacial score (nSPS) is 19.5. The summed E-state index contributed by atoms with van der Waals surface area (Å²) in [5.41, 5.74) is -0.457. The van der Waals surface area contributed by atoms with Gasteiger partial charge in [0, 0.05) is 12.6 Å². The molecule has 0 bridgehead atoms. The Morgan fingerprint density at radius 3 is 2.47 bits per heavy atom. The molecule has 1 saturated heterocycles. The summed E-state index contributed by atoms with van der Waals surface area (Å²) >= 11 is 0. The molecule has 19 heavy (non-hydrogen) atoms. The molecule has 112 valence electrons. The van der Waals surface area contributed by atoms with Crippen LogP contribution in [0.1, 0.15) is 40.5 Å². The maximum atomic E-state index is 11.9. The topological polar surface area (TPSA) is 61.8 Å². The summed E-state index contributed by atoms with van der Waals surface area (Å²) in [4.78, 5) is 14.0. The van der Waals surface area contributed by atoms with E-state index in [1.165, 1.54) is 0 Å². The molecule has 1 rings (SSSR count). The molecule has 0 saturated carbocycles. The number of carbonyl (C=O) groups is 1. The Hall–Kier alpha value is -0.650. The van der Waals surface area contributed by atoms with Gasteiger partial charge in [-0.25, -0.2) is 0 Å². The van der Waals surface area contributed by atoms with Crippen LogP contribution in [0.5, 0.6) is 0 Å². The lowest BCUT2D eigenvalue weighted by Crippen LogP contribution is -2.48. The highest BCUT2D eigenvalue weighted by atomic mass is 16.6. The molecule has 5 nitrogen and oxygen atoms in total. The summed E-state index contributed by atoms with van der Waals surface area (Å²) < 4.78 is 5.36. The quantitative estimate of drug-likeness (QED) is 0.724. The van der Waals surface area contributed by atoms with E-state index in [0.29, 0.717) is 12.6 Å². The molecular formula is C14H28N2O3. The molecule has 1 heterocycles. The van der Waals surface area contributed by atoms with Crippen molar-refractivity contribution in [3.63, 3.8) is 0 Å². The standard InChI is InChI=1S/C14H28N2O3/c1-11(17)9-16(12-5-7-15-8-6-12)10-13(18)19-14(2,3)4/h11-12,15,17H,5-10H2,1-4H3/t11-/m1/s1. The second-order valence-corrected chi connectivity index (χ2v) is 6.35. The highest BCUT2D eigenvalue weighted by Crippen LogP contribution is 2.14. The zero-order chi connectivity index (χ0) is 14.5. The molecule has 0 aliphatic carbocycles. The first-order chi connectivity index (χ1) is 8.78. The lowest BCUT2D eigenvalue weighted by molar-refractivity contribution is -0.157. The molecule has 0 aromatic carbocycles. The first kappa shape index (κ1) is 16.4. The van der Waals surface area contributed by atoms with Gasteiger partial charge in [0.1, 0.15) is 5.60 Å². The summed E-state index contributed by atoms with van der Waals surface area (Å²) in [5, 5.41) is 12.9. The van der Waals surface area contributed by atoms with E-state index in [9.17, 15) is 9.90 Å². The molecule has 0 aromatic rings. The van der Waals surface area contributed by atoms with Crippen molar-refractivity contribution in [1.82, 2.24) is 10.2 Å². The van der Waals surface area contributed by atoms with Crippen LogP contribution in [0.15, 0.2) is 0 Å². The van der Waals surface area contributed by atoms with E-state index in [-0.39, 0.29) is 12.5 Å². The van der Waals surface area contributed by atoms with Gasteiger partial charge in [-0.1, -0.05) is 0 Å². The molecule has 5 heteroatoms. The highest BCUT2D eigenvalue weighted by Gasteiger charge is 2.26. The van der Waals surface area contributed by atoms with Crippen LogP contribution in [-0.4, -0.2) is 59.9 Å². The second kappa shape index (κ2) is 7.22. The lowest BCUT2D eigenvalue weighted by atomic mass is 10.0. The van der Waals surface area contributed by atoms with E-state index in [1.807, 2.05) is 20.8 Å². The number of aliphatic hydroxyl groups excluding tert-OH is 1. The van der Waals surface area contributed by atoms with Crippen molar-refractivity contribution in [3.8, 4) is 0 Å². The maximum absolute atomic E-state index is 11.9. The molecule has 0 radical (unpaired) electrons. The molecule has 1 fully saturated rings. The molecule has 0 unspecified atom stereocenters. The van der Waals surface area contributed by atoms with E-state index in [2.05, 4.69) is 10.2 Å². The summed E-state index contributed by atoms with van der Waals surface area (Å²) in [6, 6.07) is 0.350. The van der Waals surface area contributed by atoms with Crippen LogP contribution in [0.25, 0.3) is 0 Å². The summed E-state index contributed by atoms with van der Waals surface area (Å²) in [6.45, 7) is 10.1. The second-order valence-electron chi connectivity index (χ2n) is 6.35. The van der Waals surface area contributed by atoms with Crippen molar-refractivity contribution < 1.29 is 14.6 Å². The Bertz CT molecular complexity index is 281. The van der Waals surface area contributed by atoms with E-state index in [0.717, 1.165) is 25.9 Å². The third-order valence-corrected chi connectivity index (χ3v) is 3.08. The van der Waals surface area contributed by atoms with E-state index >= 15 is 0 Å². The van der Waals surface area contributed by atoms with Gasteiger partial charge in [0.2, 0.25) is 0 Å². The minimum Gasteiger partial charge on any atom is -0.459 e. The summed E-state index contributed by atoms with van der Waals surface area (Å²) in [6.07, 6.45) is 1.59. The fourth-order valence-corrected chi connectivity index (χ4v) is 2.39. The zero-order valence-electron chi connectivity index (χ0n) is 12.6. The fourth-order valence-electron chi connectivity index (χ4n) is 2.39. The van der Waals surface area contributed by atoms with Crippen molar-refractivity contribution in [3.05, 3.63) is 0 Å². The monoisotopic (exact) mass is 272 g/mol. The number of aliphatic hydroxyl groups is 1. The van der Waals surface area contributed by atoms with Gasteiger partial charge < -0.3 is 15.2 Å².